The SMILES string of the molecule is CC(C)(C)[C@@](C)(O)[C@H]1C[C@]2(C)[C@H]3Cc4ccc(O)c5c4[C@@]2(CCN3CC2CC2)[C@@H](O5)[C@]1(C)O. The van der Waals surface area contributed by atoms with Crippen molar-refractivity contribution in [3.63, 3.8) is 0 Å². The van der Waals surface area contributed by atoms with E-state index in [-0.39, 0.29) is 22.5 Å². The number of hydrogen-bond acceptors (Lipinski definition) is 5. The van der Waals surface area contributed by atoms with Gasteiger partial charge in [0.1, 0.15) is 11.7 Å². The number of aliphatic hydroxyl groups is 2. The largest absolute Gasteiger partial charge is 0.504 e. The molecule has 6 rings (SSSR count). The molecule has 33 heavy (non-hydrogen) atoms. The maximum atomic E-state index is 12.3. The standard InChI is InChI=1S/C28H41NO4/c1-24(2,3)27(6,32)19-14-25(4)20-13-17-9-10-18(30)22-21(17)28(25,23(33-22)26(19,5)31)11-12-29(20)15-16-7-8-16/h9-10,16,19-20,23,30-32H,7-8,11-15H2,1-6H3/t19-,20+,23-,25+,26+,27-,28-/m0/s1. The minimum atomic E-state index is -1.24. The molecule has 2 saturated carbocycles. The van der Waals surface area contributed by atoms with Crippen LogP contribution in [0, 0.1) is 22.7 Å². The van der Waals surface area contributed by atoms with E-state index in [1.807, 2.05) is 13.8 Å². The van der Waals surface area contributed by atoms with Gasteiger partial charge in [-0.1, -0.05) is 33.8 Å². The Morgan fingerprint density at radius 3 is 2.48 bits per heavy atom. The zero-order chi connectivity index (χ0) is 23.8. The summed E-state index contributed by atoms with van der Waals surface area (Å²) in [5, 5.41) is 35.0. The average Bonchev–Trinajstić information content (AvgIpc) is 3.44. The molecule has 2 heterocycles. The van der Waals surface area contributed by atoms with Gasteiger partial charge in [-0.25, -0.2) is 0 Å². The molecular weight excluding hydrogens is 414 g/mol. The molecule has 0 amide bonds. The van der Waals surface area contributed by atoms with Crippen LogP contribution in [0.5, 0.6) is 11.5 Å². The highest BCUT2D eigenvalue weighted by molar-refractivity contribution is 5.62. The zero-order valence-electron chi connectivity index (χ0n) is 21.1. The summed E-state index contributed by atoms with van der Waals surface area (Å²) in [7, 11) is 0. The van der Waals surface area contributed by atoms with Crippen LogP contribution >= 0.6 is 0 Å². The fourth-order valence-corrected chi connectivity index (χ4v) is 8.50. The quantitative estimate of drug-likeness (QED) is 0.642. The fraction of sp³-hybridized carbons (Fsp3) is 0.786. The Bertz CT molecular complexity index is 1010. The molecule has 3 aliphatic carbocycles. The van der Waals surface area contributed by atoms with E-state index in [9.17, 15) is 15.3 Å². The molecule has 7 atom stereocenters. The first-order valence-corrected chi connectivity index (χ1v) is 13.0. The number of rotatable bonds is 3. The predicted molar refractivity (Wildman–Crippen MR) is 128 cm³/mol. The van der Waals surface area contributed by atoms with Crippen LogP contribution in [0.2, 0.25) is 0 Å². The second kappa shape index (κ2) is 6.27. The molecule has 0 unspecified atom stereocenters. The third kappa shape index (κ3) is 2.54. The van der Waals surface area contributed by atoms with Crippen molar-refractivity contribution in [1.29, 1.82) is 0 Å². The molecule has 2 bridgehead atoms. The summed E-state index contributed by atoms with van der Waals surface area (Å²) in [6.45, 7) is 14.5. The summed E-state index contributed by atoms with van der Waals surface area (Å²) in [5.74, 6) is 1.22. The van der Waals surface area contributed by atoms with Crippen molar-refractivity contribution in [1.82, 2.24) is 4.90 Å². The van der Waals surface area contributed by atoms with E-state index in [1.54, 1.807) is 6.07 Å². The number of piperidine rings is 1. The summed E-state index contributed by atoms with van der Waals surface area (Å²) < 4.78 is 6.63. The Balaban J connectivity index is 1.57. The lowest BCUT2D eigenvalue weighted by molar-refractivity contribution is -0.262. The van der Waals surface area contributed by atoms with Crippen molar-refractivity contribution in [2.75, 3.05) is 13.1 Å². The number of nitrogens with zero attached hydrogens (tertiary/aromatic N) is 1. The molecule has 5 nitrogen and oxygen atoms in total. The second-order valence-electron chi connectivity index (χ2n) is 13.6. The number of phenols is 1. The van der Waals surface area contributed by atoms with Crippen molar-refractivity contribution in [3.8, 4) is 11.5 Å². The van der Waals surface area contributed by atoms with Gasteiger partial charge in [-0.3, -0.25) is 4.90 Å². The Kier molecular flexibility index (Phi) is 4.22. The number of phenolic OH excluding ortho intramolecular Hbond substituents is 1. The van der Waals surface area contributed by atoms with E-state index < -0.39 is 22.7 Å². The first-order valence-electron chi connectivity index (χ1n) is 13.0. The van der Waals surface area contributed by atoms with Crippen molar-refractivity contribution in [3.05, 3.63) is 23.3 Å². The van der Waals surface area contributed by atoms with Crippen molar-refractivity contribution in [2.45, 2.75) is 102 Å². The maximum Gasteiger partial charge on any atom is 0.165 e. The van der Waals surface area contributed by atoms with Crippen LogP contribution in [-0.4, -0.2) is 56.7 Å². The van der Waals surface area contributed by atoms with Gasteiger partial charge in [0.25, 0.3) is 0 Å². The Morgan fingerprint density at radius 1 is 1.15 bits per heavy atom. The van der Waals surface area contributed by atoms with Gasteiger partial charge in [0.2, 0.25) is 0 Å². The molecule has 1 saturated heterocycles. The monoisotopic (exact) mass is 455 g/mol. The van der Waals surface area contributed by atoms with Crippen molar-refractivity contribution in [2.24, 2.45) is 22.7 Å². The van der Waals surface area contributed by atoms with Crippen LogP contribution in [0.1, 0.15) is 78.4 Å². The lowest BCUT2D eigenvalue weighted by Crippen LogP contribution is -2.78. The van der Waals surface area contributed by atoms with Crippen LogP contribution in [0.4, 0.5) is 0 Å². The first-order chi connectivity index (χ1) is 15.2. The molecule has 1 aromatic carbocycles. The van der Waals surface area contributed by atoms with Crippen LogP contribution in [-0.2, 0) is 11.8 Å². The van der Waals surface area contributed by atoms with Crippen LogP contribution < -0.4 is 4.74 Å². The number of ether oxygens (including phenoxy) is 1. The summed E-state index contributed by atoms with van der Waals surface area (Å²) in [6, 6.07) is 4.19. The summed E-state index contributed by atoms with van der Waals surface area (Å²) in [5.41, 5.74) is -0.835. The normalized spacial score (nSPS) is 43.6. The first kappa shape index (κ1) is 22.2. The number of likely N-dealkylation sites (tertiary alicyclic amines) is 1. The predicted octanol–water partition coefficient (Wildman–Crippen LogP) is 4.01. The molecule has 3 fully saturated rings. The molecule has 1 aromatic rings. The Hall–Kier alpha value is -1.30. The number of benzene rings is 1. The topological polar surface area (TPSA) is 73.2 Å². The van der Waals surface area contributed by atoms with Crippen molar-refractivity contribution >= 4 is 0 Å². The van der Waals surface area contributed by atoms with Crippen LogP contribution in [0.15, 0.2) is 12.1 Å². The highest BCUT2D eigenvalue weighted by Crippen LogP contribution is 2.72. The highest BCUT2D eigenvalue weighted by atomic mass is 16.5. The minimum absolute atomic E-state index is 0.168. The molecule has 5 heteroatoms. The lowest BCUT2D eigenvalue weighted by Gasteiger charge is -2.70. The van der Waals surface area contributed by atoms with E-state index in [4.69, 9.17) is 4.74 Å². The van der Waals surface area contributed by atoms with Gasteiger partial charge in [0.15, 0.2) is 11.5 Å². The third-order valence-electron chi connectivity index (χ3n) is 11.0. The zero-order valence-corrected chi connectivity index (χ0v) is 21.1. The van der Waals surface area contributed by atoms with Gasteiger partial charge in [0.05, 0.1) is 5.60 Å². The molecule has 0 aromatic heterocycles. The van der Waals surface area contributed by atoms with Gasteiger partial charge in [-0.15, -0.1) is 0 Å². The van der Waals surface area contributed by atoms with E-state index >= 15 is 0 Å². The molecule has 0 radical (unpaired) electrons. The molecule has 2 aliphatic heterocycles. The van der Waals surface area contributed by atoms with Gasteiger partial charge in [0, 0.05) is 29.5 Å². The van der Waals surface area contributed by atoms with E-state index in [2.05, 4.69) is 38.7 Å². The minimum Gasteiger partial charge on any atom is -0.504 e. The Labute approximate surface area is 198 Å². The van der Waals surface area contributed by atoms with E-state index in [0.717, 1.165) is 43.8 Å². The second-order valence-corrected chi connectivity index (χ2v) is 13.6. The smallest absolute Gasteiger partial charge is 0.165 e. The summed E-state index contributed by atoms with van der Waals surface area (Å²) in [4.78, 5) is 2.72. The molecule has 5 aliphatic rings. The van der Waals surface area contributed by atoms with Gasteiger partial charge < -0.3 is 20.1 Å². The number of aromatic hydroxyl groups is 1. The summed E-state index contributed by atoms with van der Waals surface area (Å²) >= 11 is 0. The molecular formula is C28H41NO4. The Morgan fingerprint density at radius 2 is 1.85 bits per heavy atom. The highest BCUT2D eigenvalue weighted by Gasteiger charge is 2.77. The third-order valence-corrected chi connectivity index (χ3v) is 11.0. The van der Waals surface area contributed by atoms with Crippen molar-refractivity contribution < 1.29 is 20.1 Å². The fourth-order valence-electron chi connectivity index (χ4n) is 8.50. The van der Waals surface area contributed by atoms with Gasteiger partial charge in [-0.05, 0) is 80.9 Å². The molecule has 1 spiro atoms. The number of hydrogen-bond donors (Lipinski definition) is 3. The lowest BCUT2D eigenvalue weighted by atomic mass is 9.38. The summed E-state index contributed by atoms with van der Waals surface area (Å²) in [6.07, 6.45) is 4.78. The van der Waals surface area contributed by atoms with E-state index in [0.29, 0.717) is 11.8 Å². The van der Waals surface area contributed by atoms with Crippen LogP contribution in [0.25, 0.3) is 0 Å². The molecule has 182 valence electrons. The molecule has 3 N–H and O–H groups in total. The van der Waals surface area contributed by atoms with Gasteiger partial charge in [-0.2, -0.15) is 0 Å². The van der Waals surface area contributed by atoms with E-state index in [1.165, 1.54) is 18.4 Å². The van der Waals surface area contributed by atoms with Gasteiger partial charge >= 0.3 is 0 Å². The average molecular weight is 456 g/mol. The van der Waals surface area contributed by atoms with Crippen LogP contribution in [0.3, 0.4) is 0 Å². The maximum absolute atomic E-state index is 12.3.